The summed E-state index contributed by atoms with van der Waals surface area (Å²) in [7, 11) is 0. The fraction of sp³-hybridized carbons (Fsp3) is 0.636. The molecule has 3 rings (SSSR count). The molecular formula is C22H36N6O. The van der Waals surface area contributed by atoms with Crippen LogP contribution < -0.4 is 15.5 Å². The van der Waals surface area contributed by atoms with Crippen molar-refractivity contribution in [2.45, 2.75) is 32.7 Å². The lowest BCUT2D eigenvalue weighted by atomic mass is 10.2. The van der Waals surface area contributed by atoms with Crippen LogP contribution in [0.4, 0.5) is 5.69 Å². The molecule has 1 amide bonds. The Morgan fingerprint density at radius 2 is 1.83 bits per heavy atom. The highest BCUT2D eigenvalue weighted by Crippen LogP contribution is 2.16. The molecular weight excluding hydrogens is 364 g/mol. The lowest BCUT2D eigenvalue weighted by molar-refractivity contribution is -0.129. The maximum absolute atomic E-state index is 12.6. The molecule has 1 atom stereocenters. The van der Waals surface area contributed by atoms with Gasteiger partial charge in [0.2, 0.25) is 5.91 Å². The first kappa shape index (κ1) is 21.4. The van der Waals surface area contributed by atoms with Gasteiger partial charge in [0.05, 0.1) is 0 Å². The number of rotatable bonds is 7. The summed E-state index contributed by atoms with van der Waals surface area (Å²) >= 11 is 0. The smallest absolute Gasteiger partial charge is 0.244 e. The quantitative estimate of drug-likeness (QED) is 0.535. The number of piperazine rings is 1. The van der Waals surface area contributed by atoms with E-state index < -0.39 is 0 Å². The van der Waals surface area contributed by atoms with E-state index in [2.05, 4.69) is 63.5 Å². The third kappa shape index (κ3) is 6.10. The second-order valence-corrected chi connectivity index (χ2v) is 7.70. The van der Waals surface area contributed by atoms with E-state index in [-0.39, 0.29) is 12.5 Å². The monoisotopic (exact) mass is 400 g/mol. The second kappa shape index (κ2) is 11.0. The van der Waals surface area contributed by atoms with Crippen LogP contribution in [0.25, 0.3) is 0 Å². The zero-order valence-corrected chi connectivity index (χ0v) is 17.9. The molecule has 0 aliphatic carbocycles. The van der Waals surface area contributed by atoms with Crippen molar-refractivity contribution in [2.75, 3.05) is 63.8 Å². The van der Waals surface area contributed by atoms with E-state index in [0.717, 1.165) is 51.8 Å². The Morgan fingerprint density at radius 1 is 1.07 bits per heavy atom. The van der Waals surface area contributed by atoms with Crippen LogP contribution in [-0.4, -0.2) is 86.6 Å². The van der Waals surface area contributed by atoms with Crippen molar-refractivity contribution in [2.24, 2.45) is 4.99 Å². The van der Waals surface area contributed by atoms with Gasteiger partial charge in [-0.05, 0) is 45.0 Å². The lowest BCUT2D eigenvalue weighted by Crippen LogP contribution is -2.50. The highest BCUT2D eigenvalue weighted by molar-refractivity contribution is 5.85. The fourth-order valence-corrected chi connectivity index (χ4v) is 4.20. The van der Waals surface area contributed by atoms with E-state index in [1.807, 2.05) is 11.0 Å². The number of aliphatic imine (C=N–C) groups is 1. The van der Waals surface area contributed by atoms with E-state index in [9.17, 15) is 4.79 Å². The summed E-state index contributed by atoms with van der Waals surface area (Å²) in [4.78, 5) is 24.0. The van der Waals surface area contributed by atoms with Crippen molar-refractivity contribution < 1.29 is 4.79 Å². The maximum atomic E-state index is 12.6. The van der Waals surface area contributed by atoms with Crippen LogP contribution in [0, 0.1) is 0 Å². The van der Waals surface area contributed by atoms with Gasteiger partial charge in [0.1, 0.15) is 6.54 Å². The molecule has 0 bridgehead atoms. The Kier molecular flexibility index (Phi) is 8.16. The Morgan fingerprint density at radius 3 is 2.52 bits per heavy atom. The van der Waals surface area contributed by atoms with Crippen molar-refractivity contribution in [1.82, 2.24) is 20.4 Å². The number of hydrogen-bond acceptors (Lipinski definition) is 4. The predicted molar refractivity (Wildman–Crippen MR) is 119 cm³/mol. The second-order valence-electron chi connectivity index (χ2n) is 7.70. The SMILES string of the molecule is CCNC(=NCC(=O)N1CCN(c2ccccc2)CC1)NCC1CCCN1CC. The van der Waals surface area contributed by atoms with Crippen LogP contribution in [0.5, 0.6) is 0 Å². The van der Waals surface area contributed by atoms with Crippen molar-refractivity contribution in [3.8, 4) is 0 Å². The summed E-state index contributed by atoms with van der Waals surface area (Å²) in [6, 6.07) is 11.0. The Balaban J connectivity index is 1.46. The number of benzene rings is 1. The molecule has 7 nitrogen and oxygen atoms in total. The number of nitrogens with zero attached hydrogens (tertiary/aromatic N) is 4. The normalized spacial score (nSPS) is 20.8. The molecule has 0 spiro atoms. The largest absolute Gasteiger partial charge is 0.368 e. The molecule has 0 saturated carbocycles. The van der Waals surface area contributed by atoms with Crippen LogP contribution >= 0.6 is 0 Å². The minimum absolute atomic E-state index is 0.103. The van der Waals surface area contributed by atoms with Gasteiger partial charge in [-0.3, -0.25) is 9.69 Å². The molecule has 0 radical (unpaired) electrons. The van der Waals surface area contributed by atoms with Gasteiger partial charge >= 0.3 is 0 Å². The Hall–Kier alpha value is -2.28. The molecule has 2 N–H and O–H groups in total. The summed E-state index contributed by atoms with van der Waals surface area (Å²) in [5, 5.41) is 6.70. The van der Waals surface area contributed by atoms with E-state index in [1.54, 1.807) is 0 Å². The number of carbonyl (C=O) groups excluding carboxylic acids is 1. The summed E-state index contributed by atoms with van der Waals surface area (Å²) < 4.78 is 0. The zero-order valence-electron chi connectivity index (χ0n) is 17.9. The van der Waals surface area contributed by atoms with Crippen LogP contribution in [0.1, 0.15) is 26.7 Å². The Bertz CT molecular complexity index is 657. The molecule has 1 aromatic rings. The van der Waals surface area contributed by atoms with Crippen LogP contribution in [0.15, 0.2) is 35.3 Å². The molecule has 2 heterocycles. The standard InChI is InChI=1S/C22H36N6O/c1-3-23-22(24-17-20-11-8-12-26(20)4-2)25-18-21(29)28-15-13-27(14-16-28)19-9-6-5-7-10-19/h5-7,9-10,20H,3-4,8,11-18H2,1-2H3,(H2,23,24,25). The first-order valence-electron chi connectivity index (χ1n) is 11.0. The van der Waals surface area contributed by atoms with E-state index >= 15 is 0 Å². The van der Waals surface area contributed by atoms with Gasteiger partial charge in [-0.2, -0.15) is 0 Å². The van der Waals surface area contributed by atoms with Gasteiger partial charge in [-0.25, -0.2) is 4.99 Å². The molecule has 0 aromatic heterocycles. The zero-order chi connectivity index (χ0) is 20.5. The average Bonchev–Trinajstić information content (AvgIpc) is 3.24. The number of amides is 1. The number of para-hydroxylation sites is 1. The van der Waals surface area contributed by atoms with Crippen LogP contribution in [-0.2, 0) is 4.79 Å². The summed E-state index contributed by atoms with van der Waals surface area (Å²) in [5.41, 5.74) is 1.23. The summed E-state index contributed by atoms with van der Waals surface area (Å²) in [5.74, 6) is 0.845. The van der Waals surface area contributed by atoms with Crippen molar-refractivity contribution in [3.05, 3.63) is 30.3 Å². The number of likely N-dealkylation sites (N-methyl/N-ethyl adjacent to an activating group) is 1. The number of anilines is 1. The summed E-state index contributed by atoms with van der Waals surface area (Å²) in [6.07, 6.45) is 2.49. The van der Waals surface area contributed by atoms with Gasteiger partial charge in [0.25, 0.3) is 0 Å². The number of guanidine groups is 1. The first-order valence-corrected chi connectivity index (χ1v) is 11.0. The van der Waals surface area contributed by atoms with Gasteiger partial charge in [-0.15, -0.1) is 0 Å². The van der Waals surface area contributed by atoms with E-state index in [0.29, 0.717) is 6.04 Å². The highest BCUT2D eigenvalue weighted by atomic mass is 16.2. The molecule has 2 saturated heterocycles. The maximum Gasteiger partial charge on any atom is 0.244 e. The first-order chi connectivity index (χ1) is 14.2. The molecule has 29 heavy (non-hydrogen) atoms. The fourth-order valence-electron chi connectivity index (χ4n) is 4.20. The van der Waals surface area contributed by atoms with Crippen molar-refractivity contribution in [1.29, 1.82) is 0 Å². The van der Waals surface area contributed by atoms with E-state index in [4.69, 9.17) is 0 Å². The van der Waals surface area contributed by atoms with Crippen molar-refractivity contribution >= 4 is 17.6 Å². The number of nitrogens with one attached hydrogen (secondary N) is 2. The molecule has 7 heteroatoms. The van der Waals surface area contributed by atoms with Crippen molar-refractivity contribution in [3.63, 3.8) is 0 Å². The minimum Gasteiger partial charge on any atom is -0.368 e. The highest BCUT2D eigenvalue weighted by Gasteiger charge is 2.23. The predicted octanol–water partition coefficient (Wildman–Crippen LogP) is 1.37. The van der Waals surface area contributed by atoms with Crippen LogP contribution in [0.3, 0.4) is 0 Å². The summed E-state index contributed by atoms with van der Waals surface area (Å²) in [6.45, 7) is 11.6. The molecule has 2 fully saturated rings. The minimum atomic E-state index is 0.103. The average molecular weight is 401 g/mol. The lowest BCUT2D eigenvalue weighted by Gasteiger charge is -2.36. The molecule has 1 aromatic carbocycles. The number of likely N-dealkylation sites (tertiary alicyclic amines) is 1. The topological polar surface area (TPSA) is 63.2 Å². The molecule has 2 aliphatic rings. The molecule has 1 unspecified atom stereocenters. The van der Waals surface area contributed by atoms with Gasteiger partial charge in [0, 0.05) is 51.0 Å². The van der Waals surface area contributed by atoms with Gasteiger partial charge in [0.15, 0.2) is 5.96 Å². The third-order valence-electron chi connectivity index (χ3n) is 5.88. The third-order valence-corrected chi connectivity index (χ3v) is 5.88. The number of carbonyl (C=O) groups is 1. The van der Waals surface area contributed by atoms with Crippen LogP contribution in [0.2, 0.25) is 0 Å². The van der Waals surface area contributed by atoms with Gasteiger partial charge < -0.3 is 20.4 Å². The Labute approximate surface area is 175 Å². The molecule has 160 valence electrons. The van der Waals surface area contributed by atoms with Gasteiger partial charge in [-0.1, -0.05) is 25.1 Å². The number of hydrogen-bond donors (Lipinski definition) is 2. The molecule has 2 aliphatic heterocycles. The van der Waals surface area contributed by atoms with E-state index in [1.165, 1.54) is 25.1 Å².